The maximum absolute atomic E-state index is 12.3. The van der Waals surface area contributed by atoms with E-state index in [9.17, 15) is 18.4 Å². The van der Waals surface area contributed by atoms with Crippen LogP contribution in [0.15, 0.2) is 59.8 Å². The van der Waals surface area contributed by atoms with E-state index >= 15 is 0 Å². The fourth-order valence-corrected chi connectivity index (χ4v) is 2.83. The number of rotatable bonds is 6. The van der Waals surface area contributed by atoms with Crippen LogP contribution in [-0.4, -0.2) is 33.7 Å². The summed E-state index contributed by atoms with van der Waals surface area (Å²) in [7, 11) is 0. The molecular formula is C19H15F2N3O3S. The summed E-state index contributed by atoms with van der Waals surface area (Å²) in [6.07, 6.45) is 2.00. The minimum atomic E-state index is -2.51. The summed E-state index contributed by atoms with van der Waals surface area (Å²) in [5.74, 6) is -3.72. The number of hydrogen-bond donors (Lipinski definition) is 1. The van der Waals surface area contributed by atoms with Gasteiger partial charge in [-0.3, -0.25) is 14.8 Å². The Bertz CT molecular complexity index is 999. The second-order valence-electron chi connectivity index (χ2n) is 5.70. The van der Waals surface area contributed by atoms with Crippen LogP contribution in [0.2, 0.25) is 0 Å². The van der Waals surface area contributed by atoms with Gasteiger partial charge in [0.05, 0.1) is 16.6 Å². The molecule has 1 heterocycles. The molecule has 28 heavy (non-hydrogen) atoms. The highest BCUT2D eigenvalue weighted by Gasteiger charge is 2.19. The van der Waals surface area contributed by atoms with E-state index in [0.717, 1.165) is 0 Å². The van der Waals surface area contributed by atoms with Gasteiger partial charge in [-0.15, -0.1) is 0 Å². The van der Waals surface area contributed by atoms with Gasteiger partial charge >= 0.3 is 5.97 Å². The van der Waals surface area contributed by atoms with E-state index in [2.05, 4.69) is 15.3 Å². The molecule has 1 amide bonds. The van der Waals surface area contributed by atoms with Gasteiger partial charge in [0.25, 0.3) is 11.7 Å². The van der Waals surface area contributed by atoms with E-state index in [4.69, 9.17) is 4.74 Å². The summed E-state index contributed by atoms with van der Waals surface area (Å²) < 4.78 is 29.8. The van der Waals surface area contributed by atoms with Gasteiger partial charge in [-0.25, -0.2) is 4.79 Å². The van der Waals surface area contributed by atoms with Crippen molar-refractivity contribution in [3.8, 4) is 0 Å². The zero-order chi connectivity index (χ0) is 20.1. The Balaban J connectivity index is 1.60. The van der Waals surface area contributed by atoms with Crippen LogP contribution in [-0.2, 0) is 9.53 Å². The van der Waals surface area contributed by atoms with Gasteiger partial charge in [0.15, 0.2) is 6.10 Å². The number of carbonyl (C=O) groups is 2. The third-order valence-corrected chi connectivity index (χ3v) is 4.43. The van der Waals surface area contributed by atoms with Crippen molar-refractivity contribution in [3.63, 3.8) is 0 Å². The second-order valence-corrected chi connectivity index (χ2v) is 6.76. The summed E-state index contributed by atoms with van der Waals surface area (Å²) in [5.41, 5.74) is 1.84. The van der Waals surface area contributed by atoms with Gasteiger partial charge in [0, 0.05) is 23.0 Å². The number of halogens is 2. The summed E-state index contributed by atoms with van der Waals surface area (Å²) in [4.78, 5) is 33.1. The Morgan fingerprint density at radius 2 is 1.71 bits per heavy atom. The predicted octanol–water partition coefficient (Wildman–Crippen LogP) is 4.13. The lowest BCUT2D eigenvalue weighted by molar-refractivity contribution is -0.123. The van der Waals surface area contributed by atoms with Crippen LogP contribution >= 0.6 is 11.8 Å². The average molecular weight is 403 g/mol. The van der Waals surface area contributed by atoms with E-state index in [1.54, 1.807) is 18.3 Å². The van der Waals surface area contributed by atoms with E-state index < -0.39 is 23.7 Å². The number of carbonyl (C=O) groups excluding carboxylic acids is 2. The highest BCUT2D eigenvalue weighted by atomic mass is 32.2. The largest absolute Gasteiger partial charge is 0.449 e. The average Bonchev–Trinajstić information content (AvgIpc) is 2.68. The summed E-state index contributed by atoms with van der Waals surface area (Å²) in [5, 5.41) is 2.57. The number of aromatic nitrogens is 2. The van der Waals surface area contributed by atoms with Gasteiger partial charge in [-0.2, -0.15) is 8.78 Å². The second kappa shape index (κ2) is 8.75. The smallest absolute Gasteiger partial charge is 0.338 e. The van der Waals surface area contributed by atoms with Crippen LogP contribution < -0.4 is 5.32 Å². The Hall–Kier alpha value is -3.07. The number of esters is 1. The standard InChI is InChI=1S/C19H15F2N3O3S/c1-11(17(25)24-13-3-5-14(6-4-13)28-19(20)21)27-18(26)12-2-7-15-16(10-12)23-9-8-22-15/h2-11,19H,1H3,(H,24,25)/t11-/m0/s1. The van der Waals surface area contributed by atoms with Crippen LogP contribution in [0.5, 0.6) is 0 Å². The molecule has 0 bridgehead atoms. The number of ether oxygens (including phenoxy) is 1. The highest BCUT2D eigenvalue weighted by molar-refractivity contribution is 7.99. The fourth-order valence-electron chi connectivity index (χ4n) is 2.34. The summed E-state index contributed by atoms with van der Waals surface area (Å²) in [6, 6.07) is 10.7. The van der Waals surface area contributed by atoms with Crippen molar-refractivity contribution in [2.45, 2.75) is 23.7 Å². The highest BCUT2D eigenvalue weighted by Crippen LogP contribution is 2.26. The molecule has 0 aliphatic rings. The quantitative estimate of drug-likeness (QED) is 0.492. The van der Waals surface area contributed by atoms with Gasteiger partial charge in [0.1, 0.15) is 0 Å². The molecule has 9 heteroatoms. The number of nitrogens with one attached hydrogen (secondary N) is 1. The Kier molecular flexibility index (Phi) is 6.15. The lowest BCUT2D eigenvalue weighted by Gasteiger charge is -2.14. The van der Waals surface area contributed by atoms with Gasteiger partial charge in [-0.1, -0.05) is 11.8 Å². The molecular weight excluding hydrogens is 388 g/mol. The topological polar surface area (TPSA) is 81.2 Å². The minimum Gasteiger partial charge on any atom is -0.449 e. The first kappa shape index (κ1) is 19.7. The van der Waals surface area contributed by atoms with Gasteiger partial charge in [0.2, 0.25) is 0 Å². The molecule has 0 radical (unpaired) electrons. The monoisotopic (exact) mass is 403 g/mol. The Labute approximate surface area is 163 Å². The molecule has 2 aromatic carbocycles. The molecule has 0 fully saturated rings. The van der Waals surface area contributed by atoms with E-state index in [1.165, 1.54) is 43.5 Å². The summed E-state index contributed by atoms with van der Waals surface area (Å²) >= 11 is 0.414. The predicted molar refractivity (Wildman–Crippen MR) is 101 cm³/mol. The SMILES string of the molecule is C[C@H](OC(=O)c1ccc2nccnc2c1)C(=O)Nc1ccc(SC(F)F)cc1. The molecule has 3 rings (SSSR count). The molecule has 1 atom stereocenters. The first-order valence-corrected chi connectivity index (χ1v) is 9.08. The van der Waals surface area contributed by atoms with E-state index in [0.29, 0.717) is 33.4 Å². The number of anilines is 1. The van der Waals surface area contributed by atoms with Crippen LogP contribution in [0, 0.1) is 0 Å². The van der Waals surface area contributed by atoms with Gasteiger partial charge < -0.3 is 10.1 Å². The number of benzene rings is 2. The molecule has 0 aliphatic carbocycles. The molecule has 0 saturated heterocycles. The molecule has 0 aliphatic heterocycles. The molecule has 0 saturated carbocycles. The van der Waals surface area contributed by atoms with Crippen LogP contribution in [0.4, 0.5) is 14.5 Å². The maximum Gasteiger partial charge on any atom is 0.338 e. The summed E-state index contributed by atoms with van der Waals surface area (Å²) in [6.45, 7) is 1.44. The fraction of sp³-hybridized carbons (Fsp3) is 0.158. The zero-order valence-corrected chi connectivity index (χ0v) is 15.5. The maximum atomic E-state index is 12.3. The molecule has 1 aromatic heterocycles. The van der Waals surface area contributed by atoms with Crippen molar-refractivity contribution < 1.29 is 23.1 Å². The normalized spacial score (nSPS) is 12.0. The van der Waals surface area contributed by atoms with Crippen LogP contribution in [0.1, 0.15) is 17.3 Å². The van der Waals surface area contributed by atoms with Crippen molar-refractivity contribution in [2.75, 3.05) is 5.32 Å². The van der Waals surface area contributed by atoms with Crippen LogP contribution in [0.25, 0.3) is 11.0 Å². The van der Waals surface area contributed by atoms with Crippen molar-refractivity contribution in [2.24, 2.45) is 0 Å². The minimum absolute atomic E-state index is 0.251. The molecule has 0 spiro atoms. The first-order chi connectivity index (χ1) is 13.4. The van der Waals surface area contributed by atoms with Crippen molar-refractivity contribution in [1.29, 1.82) is 0 Å². The van der Waals surface area contributed by atoms with E-state index in [-0.39, 0.29) is 5.56 Å². The van der Waals surface area contributed by atoms with Crippen molar-refractivity contribution in [1.82, 2.24) is 9.97 Å². The number of thioether (sulfide) groups is 1. The number of amides is 1. The Morgan fingerprint density at radius 1 is 1.04 bits per heavy atom. The Morgan fingerprint density at radius 3 is 2.39 bits per heavy atom. The van der Waals surface area contributed by atoms with Gasteiger partial charge in [-0.05, 0) is 49.4 Å². The third kappa shape index (κ3) is 5.01. The number of nitrogens with zero attached hydrogens (tertiary/aromatic N) is 2. The van der Waals surface area contributed by atoms with Crippen molar-refractivity contribution in [3.05, 3.63) is 60.4 Å². The molecule has 6 nitrogen and oxygen atoms in total. The first-order valence-electron chi connectivity index (χ1n) is 8.20. The zero-order valence-electron chi connectivity index (χ0n) is 14.6. The molecule has 3 aromatic rings. The molecule has 0 unspecified atom stereocenters. The van der Waals surface area contributed by atoms with Crippen LogP contribution in [0.3, 0.4) is 0 Å². The molecule has 1 N–H and O–H groups in total. The number of alkyl halides is 2. The molecule has 144 valence electrons. The number of hydrogen-bond acceptors (Lipinski definition) is 6. The lowest BCUT2D eigenvalue weighted by atomic mass is 10.2. The number of fused-ring (bicyclic) bond motifs is 1. The van der Waals surface area contributed by atoms with E-state index in [1.807, 2.05) is 0 Å². The third-order valence-electron chi connectivity index (χ3n) is 3.71. The van der Waals surface area contributed by atoms with Crippen molar-refractivity contribution >= 4 is 40.4 Å². The lowest BCUT2D eigenvalue weighted by Crippen LogP contribution is -2.30.